The van der Waals surface area contributed by atoms with E-state index in [1.165, 1.54) is 51.1 Å². The third-order valence-corrected chi connectivity index (χ3v) is 4.86. The van der Waals surface area contributed by atoms with E-state index in [2.05, 4.69) is 28.9 Å². The topological polar surface area (TPSA) is 15.3 Å². The summed E-state index contributed by atoms with van der Waals surface area (Å²) in [4.78, 5) is 2.68. The van der Waals surface area contributed by atoms with E-state index in [9.17, 15) is 0 Å². The zero-order chi connectivity index (χ0) is 10.5. The summed E-state index contributed by atoms with van der Waals surface area (Å²) in [6.07, 6.45) is 5.66. The Morgan fingerprint density at radius 2 is 2.27 bits per heavy atom. The van der Waals surface area contributed by atoms with Gasteiger partial charge in [-0.3, -0.25) is 0 Å². The summed E-state index contributed by atoms with van der Waals surface area (Å²) >= 11 is 2.19. The summed E-state index contributed by atoms with van der Waals surface area (Å²) in [5.74, 6) is 1.40. The van der Waals surface area contributed by atoms with Crippen LogP contribution in [-0.4, -0.2) is 48.1 Å². The van der Waals surface area contributed by atoms with Gasteiger partial charge < -0.3 is 10.2 Å². The maximum Gasteiger partial charge on any atom is 0.0195 e. The van der Waals surface area contributed by atoms with Gasteiger partial charge in [0.1, 0.15) is 0 Å². The van der Waals surface area contributed by atoms with E-state index < -0.39 is 0 Å². The van der Waals surface area contributed by atoms with Crippen LogP contribution >= 0.6 is 11.8 Å². The molecule has 2 rings (SSSR count). The number of thioether (sulfide) groups is 1. The highest BCUT2D eigenvalue weighted by atomic mass is 32.2. The predicted molar refractivity (Wildman–Crippen MR) is 68.6 cm³/mol. The van der Waals surface area contributed by atoms with E-state index in [4.69, 9.17) is 0 Å². The van der Waals surface area contributed by atoms with Gasteiger partial charge in [0, 0.05) is 24.4 Å². The molecule has 2 heterocycles. The highest BCUT2D eigenvalue weighted by Crippen LogP contribution is 2.27. The van der Waals surface area contributed by atoms with Crippen molar-refractivity contribution in [1.82, 2.24) is 10.2 Å². The van der Waals surface area contributed by atoms with Gasteiger partial charge in [-0.2, -0.15) is 11.8 Å². The van der Waals surface area contributed by atoms with Crippen molar-refractivity contribution < 1.29 is 0 Å². The monoisotopic (exact) mass is 228 g/mol. The minimum Gasteiger partial charge on any atom is -0.313 e. The Bertz CT molecular complexity index is 178. The molecular weight excluding hydrogens is 204 g/mol. The van der Waals surface area contributed by atoms with Crippen molar-refractivity contribution in [2.45, 2.75) is 43.9 Å². The molecule has 0 aliphatic carbocycles. The maximum atomic E-state index is 3.59. The van der Waals surface area contributed by atoms with Crippen molar-refractivity contribution in [3.63, 3.8) is 0 Å². The number of piperidine rings is 1. The highest BCUT2D eigenvalue weighted by molar-refractivity contribution is 8.00. The van der Waals surface area contributed by atoms with Gasteiger partial charge in [0.15, 0.2) is 0 Å². The molecule has 0 saturated carbocycles. The Morgan fingerprint density at radius 3 is 3.00 bits per heavy atom. The molecule has 0 amide bonds. The van der Waals surface area contributed by atoms with Crippen LogP contribution in [0.1, 0.15) is 32.6 Å². The van der Waals surface area contributed by atoms with Crippen LogP contribution in [0, 0.1) is 0 Å². The van der Waals surface area contributed by atoms with Crippen molar-refractivity contribution in [2.75, 3.05) is 31.9 Å². The first-order valence-corrected chi connectivity index (χ1v) is 7.50. The third-order valence-electron chi connectivity index (χ3n) is 3.48. The number of hydrogen-bond acceptors (Lipinski definition) is 3. The molecule has 2 aliphatic rings. The lowest BCUT2D eigenvalue weighted by Gasteiger charge is -2.34. The molecule has 0 radical (unpaired) electrons. The summed E-state index contributed by atoms with van der Waals surface area (Å²) in [5.41, 5.74) is 0. The first-order valence-electron chi connectivity index (χ1n) is 6.46. The van der Waals surface area contributed by atoms with Crippen LogP contribution in [-0.2, 0) is 0 Å². The van der Waals surface area contributed by atoms with Gasteiger partial charge in [0.05, 0.1) is 0 Å². The Morgan fingerprint density at radius 1 is 1.33 bits per heavy atom. The van der Waals surface area contributed by atoms with Gasteiger partial charge in [-0.1, -0.05) is 6.92 Å². The lowest BCUT2D eigenvalue weighted by Crippen LogP contribution is -2.47. The molecular formula is C12H24N2S. The van der Waals surface area contributed by atoms with E-state index >= 15 is 0 Å². The van der Waals surface area contributed by atoms with E-state index in [1.807, 2.05) is 0 Å². The fourth-order valence-electron chi connectivity index (χ4n) is 2.75. The number of likely N-dealkylation sites (tertiary alicyclic amines) is 1. The predicted octanol–water partition coefficient (Wildman–Crippen LogP) is 1.96. The molecule has 88 valence electrons. The molecule has 0 aromatic rings. The summed E-state index contributed by atoms with van der Waals surface area (Å²) in [7, 11) is 0. The third kappa shape index (κ3) is 3.65. The van der Waals surface area contributed by atoms with Crippen molar-refractivity contribution in [3.05, 3.63) is 0 Å². The lowest BCUT2D eigenvalue weighted by molar-refractivity contribution is 0.192. The quantitative estimate of drug-likeness (QED) is 0.792. The molecule has 0 spiro atoms. The van der Waals surface area contributed by atoms with Crippen molar-refractivity contribution in [3.8, 4) is 0 Å². The van der Waals surface area contributed by atoms with Crippen LogP contribution in [0.4, 0.5) is 0 Å². The average molecular weight is 228 g/mol. The van der Waals surface area contributed by atoms with E-state index in [-0.39, 0.29) is 0 Å². The number of nitrogens with one attached hydrogen (secondary N) is 1. The Labute approximate surface area is 98.2 Å². The molecule has 0 aromatic heterocycles. The van der Waals surface area contributed by atoms with E-state index in [0.717, 1.165) is 17.8 Å². The van der Waals surface area contributed by atoms with Gasteiger partial charge in [-0.05, 0) is 44.5 Å². The largest absolute Gasteiger partial charge is 0.313 e. The molecule has 2 fully saturated rings. The molecule has 0 aromatic carbocycles. The Balaban J connectivity index is 1.71. The standard InChI is InChI=1S/C12H24N2S/c1-2-13-11-5-3-7-14(9-11)10-12-6-4-8-15-12/h11-13H,2-10H2,1H3. The van der Waals surface area contributed by atoms with Crippen molar-refractivity contribution >= 4 is 11.8 Å². The van der Waals surface area contributed by atoms with Crippen LogP contribution in [0.15, 0.2) is 0 Å². The fourth-order valence-corrected chi connectivity index (χ4v) is 4.07. The average Bonchev–Trinajstić information content (AvgIpc) is 2.71. The number of hydrogen-bond donors (Lipinski definition) is 1. The SMILES string of the molecule is CCNC1CCCN(CC2CCCS2)C1. The molecule has 1 N–H and O–H groups in total. The van der Waals surface area contributed by atoms with Crippen LogP contribution in [0.3, 0.4) is 0 Å². The summed E-state index contributed by atoms with van der Waals surface area (Å²) in [6, 6.07) is 0.759. The maximum absolute atomic E-state index is 3.59. The smallest absolute Gasteiger partial charge is 0.0195 e. The normalized spacial score (nSPS) is 33.4. The molecule has 2 saturated heterocycles. The first kappa shape index (κ1) is 11.7. The minimum absolute atomic E-state index is 0.759. The van der Waals surface area contributed by atoms with Gasteiger partial charge >= 0.3 is 0 Å². The van der Waals surface area contributed by atoms with Crippen molar-refractivity contribution in [2.24, 2.45) is 0 Å². The van der Waals surface area contributed by atoms with Gasteiger partial charge in [0.25, 0.3) is 0 Å². The highest BCUT2D eigenvalue weighted by Gasteiger charge is 2.23. The zero-order valence-electron chi connectivity index (χ0n) is 9.87. The van der Waals surface area contributed by atoms with Crippen LogP contribution < -0.4 is 5.32 Å². The van der Waals surface area contributed by atoms with Crippen LogP contribution in [0.25, 0.3) is 0 Å². The first-order chi connectivity index (χ1) is 7.38. The van der Waals surface area contributed by atoms with Crippen LogP contribution in [0.2, 0.25) is 0 Å². The second kappa shape index (κ2) is 6.12. The fraction of sp³-hybridized carbons (Fsp3) is 1.00. The van der Waals surface area contributed by atoms with E-state index in [1.54, 1.807) is 0 Å². The second-order valence-electron chi connectivity index (χ2n) is 4.79. The van der Waals surface area contributed by atoms with E-state index in [0.29, 0.717) is 0 Å². The molecule has 0 bridgehead atoms. The zero-order valence-corrected chi connectivity index (χ0v) is 10.7. The molecule has 2 unspecified atom stereocenters. The Hall–Kier alpha value is 0.270. The molecule has 2 aliphatic heterocycles. The Kier molecular flexibility index (Phi) is 4.79. The van der Waals surface area contributed by atoms with Gasteiger partial charge in [-0.25, -0.2) is 0 Å². The van der Waals surface area contributed by atoms with Crippen LogP contribution in [0.5, 0.6) is 0 Å². The number of rotatable bonds is 4. The lowest BCUT2D eigenvalue weighted by atomic mass is 10.1. The molecule has 3 heteroatoms. The number of nitrogens with zero attached hydrogens (tertiary/aromatic N) is 1. The van der Waals surface area contributed by atoms with Gasteiger partial charge in [0.2, 0.25) is 0 Å². The summed E-state index contributed by atoms with van der Waals surface area (Å²) < 4.78 is 0. The molecule has 2 nitrogen and oxygen atoms in total. The summed E-state index contributed by atoms with van der Waals surface area (Å²) in [5, 5.41) is 4.53. The molecule has 15 heavy (non-hydrogen) atoms. The second-order valence-corrected chi connectivity index (χ2v) is 6.20. The van der Waals surface area contributed by atoms with Gasteiger partial charge in [-0.15, -0.1) is 0 Å². The minimum atomic E-state index is 0.759. The number of likely N-dealkylation sites (N-methyl/N-ethyl adjacent to an activating group) is 1. The van der Waals surface area contributed by atoms with Crippen molar-refractivity contribution in [1.29, 1.82) is 0 Å². The molecule has 2 atom stereocenters. The summed E-state index contributed by atoms with van der Waals surface area (Å²) in [6.45, 7) is 7.29.